The number of aromatic nitrogens is 1. The molecule has 0 atom stereocenters. The summed E-state index contributed by atoms with van der Waals surface area (Å²) in [4.78, 5) is 19.6. The maximum absolute atomic E-state index is 13.5. The maximum Gasteiger partial charge on any atom is 0.205 e. The second-order valence-electron chi connectivity index (χ2n) is 8.57. The topological polar surface area (TPSA) is 83.7 Å². The van der Waals surface area contributed by atoms with Gasteiger partial charge in [0.1, 0.15) is 15.5 Å². The molecule has 5 rings (SSSR count). The molecule has 6 nitrogen and oxygen atoms in total. The summed E-state index contributed by atoms with van der Waals surface area (Å²) >= 11 is 1.30. The molecule has 0 fully saturated rings. The van der Waals surface area contributed by atoms with E-state index in [0.717, 1.165) is 33.3 Å². The number of hydrogen-bond donors (Lipinski definition) is 1. The van der Waals surface area contributed by atoms with Gasteiger partial charge in [0, 0.05) is 16.5 Å². The number of benzene rings is 3. The number of nitrogens with two attached hydrogens (primary N) is 1. The minimum absolute atomic E-state index is 0.154. The lowest BCUT2D eigenvalue weighted by molar-refractivity contribution is 0.104. The number of hydrogen-bond acceptors (Lipinski definition) is 7. The Hall–Kier alpha value is -4.36. The van der Waals surface area contributed by atoms with Crippen molar-refractivity contribution in [2.24, 2.45) is 0 Å². The van der Waals surface area contributed by atoms with E-state index < -0.39 is 0 Å². The first-order chi connectivity index (χ1) is 17.9. The number of carbonyl (C=O) groups is 1. The molecule has 0 bridgehead atoms. The summed E-state index contributed by atoms with van der Waals surface area (Å²) in [5.41, 5.74) is 12.3. The molecule has 2 heterocycles. The van der Waals surface area contributed by atoms with Crippen LogP contribution in [0.5, 0.6) is 17.2 Å². The molecular weight excluding hydrogens is 484 g/mol. The number of carbonyl (C=O) groups excluding carboxylic acids is 1. The number of ether oxygens (including phenoxy) is 3. The summed E-state index contributed by atoms with van der Waals surface area (Å²) in [6, 6.07) is 22.9. The summed E-state index contributed by atoms with van der Waals surface area (Å²) in [5, 5.41) is 0.741. The van der Waals surface area contributed by atoms with Crippen molar-refractivity contribution in [2.75, 3.05) is 27.1 Å². The van der Waals surface area contributed by atoms with E-state index in [4.69, 9.17) is 24.9 Å². The van der Waals surface area contributed by atoms with Gasteiger partial charge < -0.3 is 19.9 Å². The van der Waals surface area contributed by atoms with Gasteiger partial charge in [-0.2, -0.15) is 0 Å². The van der Waals surface area contributed by atoms with Crippen molar-refractivity contribution in [3.8, 4) is 39.6 Å². The lowest BCUT2D eigenvalue weighted by Crippen LogP contribution is -2.02. The molecule has 2 aromatic heterocycles. The van der Waals surface area contributed by atoms with E-state index in [0.29, 0.717) is 38.2 Å². The molecule has 37 heavy (non-hydrogen) atoms. The molecule has 0 saturated heterocycles. The van der Waals surface area contributed by atoms with E-state index in [1.807, 2.05) is 43.3 Å². The van der Waals surface area contributed by atoms with E-state index in [9.17, 15) is 4.79 Å². The molecule has 0 saturated carbocycles. The van der Waals surface area contributed by atoms with Gasteiger partial charge in [-0.15, -0.1) is 11.3 Å². The van der Waals surface area contributed by atoms with Gasteiger partial charge in [-0.1, -0.05) is 35.9 Å². The Kier molecular flexibility index (Phi) is 6.54. The summed E-state index contributed by atoms with van der Waals surface area (Å²) in [5.74, 6) is 1.76. The summed E-state index contributed by atoms with van der Waals surface area (Å²) < 4.78 is 16.2. The quantitative estimate of drug-likeness (QED) is 0.243. The smallest absolute Gasteiger partial charge is 0.205 e. The van der Waals surface area contributed by atoms with Crippen molar-refractivity contribution in [1.82, 2.24) is 4.98 Å². The van der Waals surface area contributed by atoms with Crippen LogP contribution in [0, 0.1) is 6.92 Å². The zero-order chi connectivity index (χ0) is 26.1. The van der Waals surface area contributed by atoms with Crippen LogP contribution in [0.25, 0.3) is 32.6 Å². The third-order valence-electron chi connectivity index (χ3n) is 6.30. The number of anilines is 1. The van der Waals surface area contributed by atoms with Crippen molar-refractivity contribution in [3.05, 3.63) is 88.8 Å². The predicted octanol–water partition coefficient (Wildman–Crippen LogP) is 6.78. The molecule has 0 aliphatic carbocycles. The molecule has 5 aromatic rings. The van der Waals surface area contributed by atoms with E-state index >= 15 is 0 Å². The highest BCUT2D eigenvalue weighted by molar-refractivity contribution is 7.21. The molecule has 0 spiro atoms. The second kappa shape index (κ2) is 9.95. The SMILES string of the molecule is COc1ccc(C(=O)c2sc3nc(-c4ccc(C)cc4)cc(-c4ccc(OC)c(OC)c4)c3c2N)cc1. The monoisotopic (exact) mass is 510 g/mol. The van der Waals surface area contributed by atoms with Gasteiger partial charge in [0.05, 0.1) is 32.7 Å². The number of rotatable bonds is 7. The summed E-state index contributed by atoms with van der Waals surface area (Å²) in [7, 11) is 4.80. The van der Waals surface area contributed by atoms with Crippen LogP contribution in [-0.4, -0.2) is 32.1 Å². The highest BCUT2D eigenvalue weighted by Crippen LogP contribution is 2.43. The number of methoxy groups -OCH3 is 3. The molecule has 0 aliphatic heterocycles. The van der Waals surface area contributed by atoms with Gasteiger partial charge in [-0.05, 0) is 60.5 Å². The molecule has 3 aromatic carbocycles. The van der Waals surface area contributed by atoms with Gasteiger partial charge in [0.2, 0.25) is 5.78 Å². The number of nitrogens with zero attached hydrogens (tertiary/aromatic N) is 1. The predicted molar refractivity (Wildman–Crippen MR) is 149 cm³/mol. The summed E-state index contributed by atoms with van der Waals surface area (Å²) in [6.45, 7) is 2.05. The minimum atomic E-state index is -0.154. The fourth-order valence-corrected chi connectivity index (χ4v) is 5.35. The van der Waals surface area contributed by atoms with E-state index in [-0.39, 0.29) is 5.78 Å². The Morgan fingerprint density at radius 2 is 1.49 bits per heavy atom. The van der Waals surface area contributed by atoms with Crippen molar-refractivity contribution in [3.63, 3.8) is 0 Å². The van der Waals surface area contributed by atoms with E-state index in [1.165, 1.54) is 11.3 Å². The Morgan fingerprint density at radius 3 is 2.14 bits per heavy atom. The first kappa shape index (κ1) is 24.3. The average Bonchev–Trinajstić information content (AvgIpc) is 3.28. The van der Waals surface area contributed by atoms with Crippen molar-refractivity contribution < 1.29 is 19.0 Å². The van der Waals surface area contributed by atoms with Crippen LogP contribution in [0.15, 0.2) is 72.8 Å². The molecule has 0 unspecified atom stereocenters. The molecule has 0 aliphatic rings. The zero-order valence-electron chi connectivity index (χ0n) is 21.0. The van der Waals surface area contributed by atoms with Crippen molar-refractivity contribution in [2.45, 2.75) is 6.92 Å². The van der Waals surface area contributed by atoms with Crippen molar-refractivity contribution in [1.29, 1.82) is 0 Å². The van der Waals surface area contributed by atoms with Crippen molar-refractivity contribution >= 4 is 33.0 Å². The highest BCUT2D eigenvalue weighted by Gasteiger charge is 2.23. The van der Waals surface area contributed by atoms with Gasteiger partial charge in [-0.3, -0.25) is 4.79 Å². The molecular formula is C30H26N2O4S. The lowest BCUT2D eigenvalue weighted by Gasteiger charge is -2.12. The fraction of sp³-hybridized carbons (Fsp3) is 0.133. The Morgan fingerprint density at radius 1 is 0.811 bits per heavy atom. The van der Waals surface area contributed by atoms with E-state index in [1.54, 1.807) is 45.6 Å². The third kappa shape index (κ3) is 4.49. The Bertz CT molecular complexity index is 1610. The van der Waals surface area contributed by atoms with Crippen LogP contribution in [0.1, 0.15) is 20.8 Å². The molecule has 2 N–H and O–H groups in total. The zero-order valence-corrected chi connectivity index (χ0v) is 21.8. The number of fused-ring (bicyclic) bond motifs is 1. The first-order valence-electron chi connectivity index (χ1n) is 11.6. The second-order valence-corrected chi connectivity index (χ2v) is 9.57. The van der Waals surface area contributed by atoms with Crippen LogP contribution in [0.2, 0.25) is 0 Å². The Balaban J connectivity index is 1.73. The highest BCUT2D eigenvalue weighted by atomic mass is 32.1. The minimum Gasteiger partial charge on any atom is -0.497 e. The third-order valence-corrected chi connectivity index (χ3v) is 7.40. The largest absolute Gasteiger partial charge is 0.497 e. The lowest BCUT2D eigenvalue weighted by atomic mass is 9.98. The number of aryl methyl sites for hydroxylation is 1. The van der Waals surface area contributed by atoms with Crippen LogP contribution in [0.3, 0.4) is 0 Å². The van der Waals surface area contributed by atoms with Gasteiger partial charge >= 0.3 is 0 Å². The fourth-order valence-electron chi connectivity index (χ4n) is 4.27. The molecule has 7 heteroatoms. The normalized spacial score (nSPS) is 10.9. The molecule has 0 radical (unpaired) electrons. The first-order valence-corrected chi connectivity index (χ1v) is 12.5. The average molecular weight is 511 g/mol. The molecule has 0 amide bonds. The van der Waals surface area contributed by atoms with Crippen LogP contribution >= 0.6 is 11.3 Å². The summed E-state index contributed by atoms with van der Waals surface area (Å²) in [6.07, 6.45) is 0. The number of pyridine rings is 1. The molecule has 186 valence electrons. The van der Waals surface area contributed by atoms with Crippen LogP contribution in [-0.2, 0) is 0 Å². The van der Waals surface area contributed by atoms with Crippen LogP contribution in [0.4, 0.5) is 5.69 Å². The van der Waals surface area contributed by atoms with Gasteiger partial charge in [0.15, 0.2) is 11.5 Å². The van der Waals surface area contributed by atoms with E-state index in [2.05, 4.69) is 12.1 Å². The standard InChI is InChI=1S/C30H26N2O4S/c1-17-5-7-18(8-6-17)23-16-22(20-11-14-24(35-3)25(15-20)36-4)26-27(31)29(37-30(26)32-23)28(33)19-9-12-21(34-2)13-10-19/h5-16H,31H2,1-4H3. The number of ketones is 1. The van der Waals surface area contributed by atoms with Gasteiger partial charge in [0.25, 0.3) is 0 Å². The van der Waals surface area contributed by atoms with Gasteiger partial charge in [-0.25, -0.2) is 4.98 Å². The number of thiophene rings is 1. The van der Waals surface area contributed by atoms with Crippen LogP contribution < -0.4 is 19.9 Å². The number of nitrogen functional groups attached to an aromatic ring is 1. The maximum atomic E-state index is 13.5. The Labute approximate surface area is 219 Å².